The van der Waals surface area contributed by atoms with E-state index in [1.54, 1.807) is 6.07 Å². The number of hydrogen-bond acceptors (Lipinski definition) is 4. The van der Waals surface area contributed by atoms with E-state index in [0.717, 1.165) is 5.56 Å². The molecule has 5 nitrogen and oxygen atoms in total. The highest BCUT2D eigenvalue weighted by Gasteiger charge is 2.20. The molecular weight excluding hydrogens is 294 g/mol. The Balaban J connectivity index is 2.70. The van der Waals surface area contributed by atoms with Crippen LogP contribution in [0.2, 0.25) is 0 Å². The molecule has 5 heteroatoms. The van der Waals surface area contributed by atoms with Gasteiger partial charge < -0.3 is 14.4 Å². The minimum absolute atomic E-state index is 0.123. The van der Waals surface area contributed by atoms with Crippen LogP contribution in [-0.2, 0) is 20.7 Å². The second-order valence-electron chi connectivity index (χ2n) is 5.96. The van der Waals surface area contributed by atoms with Gasteiger partial charge in [0.15, 0.2) is 6.61 Å². The third-order valence-corrected chi connectivity index (χ3v) is 3.55. The number of carbonyl (C=O) groups excluding carboxylic acids is 2. The summed E-state index contributed by atoms with van der Waals surface area (Å²) in [5.41, 5.74) is 0.914. The lowest BCUT2D eigenvalue weighted by Crippen LogP contribution is -2.42. The highest BCUT2D eigenvalue weighted by Crippen LogP contribution is 2.20. The number of methoxy groups -OCH3 is 1. The first-order valence-corrected chi connectivity index (χ1v) is 7.95. The second kappa shape index (κ2) is 9.18. The van der Waals surface area contributed by atoms with Crippen LogP contribution in [0, 0.1) is 0 Å². The minimum Gasteiger partial charge on any atom is -0.482 e. The maximum absolute atomic E-state index is 12.4. The van der Waals surface area contributed by atoms with Gasteiger partial charge in [0.1, 0.15) is 5.75 Å². The molecule has 1 rings (SSSR count). The molecule has 0 aliphatic rings. The number of aryl methyl sites for hydroxylation is 1. The summed E-state index contributed by atoms with van der Waals surface area (Å²) in [6.45, 7) is 7.94. The number of benzene rings is 1. The lowest BCUT2D eigenvalue weighted by Gasteiger charge is -2.31. The number of nitrogens with zero attached hydrogens (tertiary/aromatic N) is 1. The Kier molecular flexibility index (Phi) is 7.59. The standard InChI is InChI=1S/C18H27NO4/c1-13(2)19(14(3)4)17(20)11-10-15-8-6-7-9-16(15)23-12-18(21)22-5/h6-9,13-14H,10-12H2,1-5H3. The summed E-state index contributed by atoms with van der Waals surface area (Å²) >= 11 is 0. The van der Waals surface area contributed by atoms with Gasteiger partial charge >= 0.3 is 5.97 Å². The van der Waals surface area contributed by atoms with E-state index in [1.165, 1.54) is 7.11 Å². The van der Waals surface area contributed by atoms with Crippen molar-refractivity contribution in [3.63, 3.8) is 0 Å². The first-order chi connectivity index (χ1) is 10.9. The molecule has 0 fully saturated rings. The molecule has 0 aliphatic carbocycles. The third kappa shape index (κ3) is 5.93. The Morgan fingerprint density at radius 3 is 2.26 bits per heavy atom. The highest BCUT2D eigenvalue weighted by molar-refractivity contribution is 5.77. The van der Waals surface area contributed by atoms with Crippen molar-refractivity contribution in [3.8, 4) is 5.75 Å². The number of ether oxygens (including phenoxy) is 2. The number of carbonyl (C=O) groups is 2. The zero-order valence-corrected chi connectivity index (χ0v) is 14.7. The fraction of sp³-hybridized carbons (Fsp3) is 0.556. The molecule has 1 aromatic carbocycles. The van der Waals surface area contributed by atoms with E-state index in [4.69, 9.17) is 4.74 Å². The summed E-state index contributed by atoms with van der Waals surface area (Å²) in [5, 5.41) is 0. The van der Waals surface area contributed by atoms with E-state index in [1.807, 2.05) is 50.8 Å². The van der Waals surface area contributed by atoms with E-state index in [-0.39, 0.29) is 24.6 Å². The van der Waals surface area contributed by atoms with Gasteiger partial charge in [-0.1, -0.05) is 18.2 Å². The van der Waals surface area contributed by atoms with Crippen LogP contribution in [0.4, 0.5) is 0 Å². The van der Waals surface area contributed by atoms with E-state index < -0.39 is 5.97 Å². The van der Waals surface area contributed by atoms with Crippen LogP contribution >= 0.6 is 0 Å². The lowest BCUT2D eigenvalue weighted by atomic mass is 10.1. The van der Waals surface area contributed by atoms with E-state index >= 15 is 0 Å². The van der Waals surface area contributed by atoms with Crippen LogP contribution in [0.25, 0.3) is 0 Å². The molecule has 0 unspecified atom stereocenters. The minimum atomic E-state index is -0.429. The molecule has 0 saturated heterocycles. The van der Waals surface area contributed by atoms with Crippen LogP contribution in [0.5, 0.6) is 5.75 Å². The fourth-order valence-corrected chi connectivity index (χ4v) is 2.59. The van der Waals surface area contributed by atoms with Gasteiger partial charge in [-0.3, -0.25) is 4.79 Å². The molecule has 0 radical (unpaired) electrons. The fourth-order valence-electron chi connectivity index (χ4n) is 2.59. The van der Waals surface area contributed by atoms with Gasteiger partial charge in [-0.2, -0.15) is 0 Å². The molecule has 23 heavy (non-hydrogen) atoms. The van der Waals surface area contributed by atoms with Crippen molar-refractivity contribution in [2.45, 2.75) is 52.6 Å². The summed E-state index contributed by atoms with van der Waals surface area (Å²) < 4.78 is 10.0. The van der Waals surface area contributed by atoms with E-state index in [0.29, 0.717) is 18.6 Å². The largest absolute Gasteiger partial charge is 0.482 e. The molecule has 0 saturated carbocycles. The van der Waals surface area contributed by atoms with Crippen molar-refractivity contribution < 1.29 is 19.1 Å². The molecule has 0 bridgehead atoms. The van der Waals surface area contributed by atoms with Gasteiger partial charge in [0, 0.05) is 18.5 Å². The lowest BCUT2D eigenvalue weighted by molar-refractivity contribution is -0.143. The summed E-state index contributed by atoms with van der Waals surface area (Å²) in [7, 11) is 1.32. The molecule has 0 aliphatic heterocycles. The first kappa shape index (κ1) is 19.0. The zero-order chi connectivity index (χ0) is 17.4. The highest BCUT2D eigenvalue weighted by atomic mass is 16.6. The molecule has 1 aromatic rings. The van der Waals surface area contributed by atoms with Crippen molar-refractivity contribution in [1.29, 1.82) is 0 Å². The maximum atomic E-state index is 12.4. The van der Waals surface area contributed by atoms with Crippen molar-refractivity contribution in [1.82, 2.24) is 4.90 Å². The summed E-state index contributed by atoms with van der Waals surface area (Å²) in [6.07, 6.45) is 0.987. The number of esters is 1. The van der Waals surface area contributed by atoms with Crippen molar-refractivity contribution in [2.75, 3.05) is 13.7 Å². The Bertz CT molecular complexity index is 518. The monoisotopic (exact) mass is 321 g/mol. The van der Waals surface area contributed by atoms with Gasteiger partial charge in [0.05, 0.1) is 7.11 Å². The Morgan fingerprint density at radius 2 is 1.70 bits per heavy atom. The summed E-state index contributed by atoms with van der Waals surface area (Å²) in [4.78, 5) is 25.5. The smallest absolute Gasteiger partial charge is 0.343 e. The van der Waals surface area contributed by atoms with Crippen LogP contribution < -0.4 is 4.74 Å². The number of rotatable bonds is 8. The third-order valence-electron chi connectivity index (χ3n) is 3.55. The van der Waals surface area contributed by atoms with Crippen molar-refractivity contribution >= 4 is 11.9 Å². The second-order valence-corrected chi connectivity index (χ2v) is 5.96. The van der Waals surface area contributed by atoms with Crippen LogP contribution in [0.1, 0.15) is 39.7 Å². The molecule has 0 aromatic heterocycles. The molecule has 0 N–H and O–H groups in total. The van der Waals surface area contributed by atoms with Gasteiger partial charge in [-0.15, -0.1) is 0 Å². The number of amides is 1. The average Bonchev–Trinajstić information content (AvgIpc) is 2.50. The van der Waals surface area contributed by atoms with Crippen LogP contribution in [0.3, 0.4) is 0 Å². The van der Waals surface area contributed by atoms with Crippen LogP contribution in [-0.4, -0.2) is 42.6 Å². The molecule has 1 amide bonds. The SMILES string of the molecule is COC(=O)COc1ccccc1CCC(=O)N(C(C)C)C(C)C. The Morgan fingerprint density at radius 1 is 1.09 bits per heavy atom. The van der Waals surface area contributed by atoms with Crippen molar-refractivity contribution in [3.05, 3.63) is 29.8 Å². The van der Waals surface area contributed by atoms with Gasteiger partial charge in [0.2, 0.25) is 5.91 Å². The van der Waals surface area contributed by atoms with Gasteiger partial charge in [-0.05, 0) is 45.7 Å². The molecule has 0 heterocycles. The molecular formula is C18H27NO4. The van der Waals surface area contributed by atoms with Gasteiger partial charge in [0.25, 0.3) is 0 Å². The van der Waals surface area contributed by atoms with Gasteiger partial charge in [-0.25, -0.2) is 4.79 Å². The molecule has 0 atom stereocenters. The predicted molar refractivity (Wildman–Crippen MR) is 89.4 cm³/mol. The maximum Gasteiger partial charge on any atom is 0.343 e. The normalized spacial score (nSPS) is 10.7. The molecule has 0 spiro atoms. The van der Waals surface area contributed by atoms with E-state index in [2.05, 4.69) is 4.74 Å². The average molecular weight is 321 g/mol. The first-order valence-electron chi connectivity index (χ1n) is 7.95. The topological polar surface area (TPSA) is 55.8 Å². The Hall–Kier alpha value is -2.04. The van der Waals surface area contributed by atoms with E-state index in [9.17, 15) is 9.59 Å². The van der Waals surface area contributed by atoms with Crippen LogP contribution in [0.15, 0.2) is 24.3 Å². The molecule has 128 valence electrons. The zero-order valence-electron chi connectivity index (χ0n) is 14.7. The van der Waals surface area contributed by atoms with Crippen molar-refractivity contribution in [2.24, 2.45) is 0 Å². The Labute approximate surface area is 138 Å². The summed E-state index contributed by atoms with van der Waals surface area (Å²) in [6, 6.07) is 7.79. The predicted octanol–water partition coefficient (Wildman–Crippen LogP) is 2.82. The quantitative estimate of drug-likeness (QED) is 0.691. The number of hydrogen-bond donors (Lipinski definition) is 0. The number of para-hydroxylation sites is 1. The summed E-state index contributed by atoms with van der Waals surface area (Å²) in [5.74, 6) is 0.311.